The first kappa shape index (κ1) is 84.2. The van der Waals surface area contributed by atoms with Crippen molar-refractivity contribution in [1.82, 2.24) is 27.4 Å². The maximum Gasteiger partial charge on any atom is 0.0547 e. The summed E-state index contributed by atoms with van der Waals surface area (Å²) in [4.78, 5) is 0. The maximum absolute atomic E-state index is 2.43. The number of hydrogen-bond donors (Lipinski definition) is 0. The summed E-state index contributed by atoms with van der Waals surface area (Å²) in [6.45, 7) is 0. The van der Waals surface area contributed by atoms with E-state index in [-0.39, 0.29) is 0 Å². The van der Waals surface area contributed by atoms with E-state index in [0.29, 0.717) is 0 Å². The molecule has 144 heavy (non-hydrogen) atoms. The van der Waals surface area contributed by atoms with Crippen LogP contribution >= 0.6 is 0 Å². The van der Waals surface area contributed by atoms with Gasteiger partial charge in [-0.15, -0.1) is 0 Å². The summed E-state index contributed by atoms with van der Waals surface area (Å²) in [7, 11) is 0. The number of para-hydroxylation sites is 10. The molecule has 23 aromatic carbocycles. The summed E-state index contributed by atoms with van der Waals surface area (Å²) in [5.74, 6) is 0. The average Bonchev–Trinajstić information content (AvgIpc) is 1.59. The molecule has 0 bridgehead atoms. The SMILES string of the molecule is c1ccc(-c2ccc(-n3c4ccccc4c4cc(-c5ccc6c(c5)c5ccccc5n6-c5ccccc5-c5ccccc5)ccc43)cc2)cc1.c1ccc(-c2cccc(-c3ccc4c5cc(-c6ccc7c(c6)c6ccccc6n7-c6ccccc6)ccc5n(-c5ccccc5)c4c3)c2)cc1.c1ccc(-c2ccccc2-n2c3ccccc3c3cc(-c4ccc5c(c4)c4ccccc4n5-c4ccccc4)ccc32)cc1. The Kier molecular flexibility index (Phi) is 20.9. The van der Waals surface area contributed by atoms with Crippen LogP contribution in [0.3, 0.4) is 0 Å². The molecule has 0 spiro atoms. The zero-order valence-corrected chi connectivity index (χ0v) is 78.8. The van der Waals surface area contributed by atoms with Gasteiger partial charge in [-0.3, -0.25) is 0 Å². The summed E-state index contributed by atoms with van der Waals surface area (Å²) >= 11 is 0. The summed E-state index contributed by atoms with van der Waals surface area (Å²) in [6, 6.07) is 202. The fraction of sp³-hybridized carbons (Fsp3) is 0. The van der Waals surface area contributed by atoms with Gasteiger partial charge in [-0.1, -0.05) is 382 Å². The van der Waals surface area contributed by atoms with E-state index in [0.717, 1.165) is 11.4 Å². The van der Waals surface area contributed by atoms with E-state index in [4.69, 9.17) is 0 Å². The molecule has 0 N–H and O–H groups in total. The predicted molar refractivity (Wildman–Crippen MR) is 609 cm³/mol. The first-order valence-electron chi connectivity index (χ1n) is 49.5. The number of fused-ring (bicyclic) bond motifs is 18. The lowest BCUT2D eigenvalue weighted by atomic mass is 9.97. The van der Waals surface area contributed by atoms with Crippen molar-refractivity contribution in [3.05, 3.63) is 558 Å². The van der Waals surface area contributed by atoms with Crippen LogP contribution in [0.2, 0.25) is 0 Å². The highest BCUT2D eigenvalue weighted by atomic mass is 15.0. The van der Waals surface area contributed by atoms with Gasteiger partial charge in [0, 0.05) is 98.5 Å². The minimum Gasteiger partial charge on any atom is -0.309 e. The Labute approximate surface area is 833 Å². The smallest absolute Gasteiger partial charge is 0.0547 e. The number of benzene rings is 23. The third-order valence-corrected chi connectivity index (χ3v) is 29.2. The molecule has 0 saturated carbocycles. The van der Waals surface area contributed by atoms with Crippen molar-refractivity contribution in [2.45, 2.75) is 0 Å². The first-order valence-corrected chi connectivity index (χ1v) is 49.5. The fourth-order valence-corrected chi connectivity index (χ4v) is 22.5. The summed E-state index contributed by atoms with van der Waals surface area (Å²) in [6.07, 6.45) is 0. The summed E-state index contributed by atoms with van der Waals surface area (Å²) in [5.41, 5.74) is 41.0. The van der Waals surface area contributed by atoms with Gasteiger partial charge >= 0.3 is 0 Å². The molecule has 0 aliphatic heterocycles. The molecule has 29 rings (SSSR count). The Balaban J connectivity index is 0.000000108. The molecular formula is C138H92N6. The molecule has 6 heteroatoms. The second-order valence-corrected chi connectivity index (χ2v) is 37.4. The molecule has 6 nitrogen and oxygen atoms in total. The Morgan fingerprint density at radius 2 is 0.285 bits per heavy atom. The molecule has 0 atom stereocenters. The molecule has 6 heterocycles. The first-order chi connectivity index (χ1) is 71.5. The topological polar surface area (TPSA) is 29.6 Å². The van der Waals surface area contributed by atoms with Gasteiger partial charge in [0.05, 0.1) is 77.6 Å². The minimum absolute atomic E-state index is 1.16. The van der Waals surface area contributed by atoms with Crippen LogP contribution in [0.5, 0.6) is 0 Å². The molecular weight excluding hydrogens is 1740 g/mol. The van der Waals surface area contributed by atoms with E-state index in [9.17, 15) is 0 Å². The van der Waals surface area contributed by atoms with Gasteiger partial charge in [0.15, 0.2) is 0 Å². The van der Waals surface area contributed by atoms with E-state index < -0.39 is 0 Å². The second-order valence-electron chi connectivity index (χ2n) is 37.4. The molecule has 0 fully saturated rings. The number of nitrogens with zero attached hydrogens (tertiary/aromatic N) is 6. The van der Waals surface area contributed by atoms with Crippen LogP contribution in [0.15, 0.2) is 558 Å². The van der Waals surface area contributed by atoms with Crippen LogP contribution < -0.4 is 0 Å². The number of aromatic nitrogens is 6. The van der Waals surface area contributed by atoms with Crippen molar-refractivity contribution in [3.8, 4) is 123 Å². The highest BCUT2D eigenvalue weighted by Gasteiger charge is 2.25. The van der Waals surface area contributed by atoms with E-state index >= 15 is 0 Å². The molecule has 674 valence electrons. The monoisotopic (exact) mass is 1830 g/mol. The summed E-state index contributed by atoms with van der Waals surface area (Å²) in [5, 5.41) is 15.1. The van der Waals surface area contributed by atoms with E-state index in [1.807, 2.05) is 0 Å². The van der Waals surface area contributed by atoms with Crippen molar-refractivity contribution in [3.63, 3.8) is 0 Å². The number of hydrogen-bond acceptors (Lipinski definition) is 0. The van der Waals surface area contributed by atoms with Crippen molar-refractivity contribution < 1.29 is 0 Å². The Hall–Kier alpha value is -19.1. The molecule has 0 saturated heterocycles. The Bertz CT molecular complexity index is 9980. The molecule has 6 aromatic heterocycles. The molecule has 0 aliphatic rings. The second kappa shape index (κ2) is 35.7. The zero-order chi connectivity index (χ0) is 95.1. The molecule has 0 amide bonds. The molecule has 0 radical (unpaired) electrons. The van der Waals surface area contributed by atoms with Gasteiger partial charge in [0.2, 0.25) is 0 Å². The zero-order valence-electron chi connectivity index (χ0n) is 78.8. The van der Waals surface area contributed by atoms with E-state index in [1.165, 1.54) is 243 Å². The maximum atomic E-state index is 2.43. The van der Waals surface area contributed by atoms with Crippen LogP contribution in [0.25, 0.3) is 254 Å². The van der Waals surface area contributed by atoms with Crippen molar-refractivity contribution in [1.29, 1.82) is 0 Å². The Morgan fingerprint density at radius 3 is 0.618 bits per heavy atom. The van der Waals surface area contributed by atoms with Crippen LogP contribution in [-0.4, -0.2) is 27.4 Å². The van der Waals surface area contributed by atoms with Gasteiger partial charge in [-0.2, -0.15) is 0 Å². The van der Waals surface area contributed by atoms with Gasteiger partial charge in [-0.25, -0.2) is 0 Å². The molecule has 0 unspecified atom stereocenters. The average molecular weight is 1830 g/mol. The standard InChI is InChI=1S/2C48H32N2.C42H28N2/c1-4-13-33(14-5-1)34-15-12-16-35(29-34)38-23-26-42-44-31-37(25-28-47(44)50(48(42)32-38)40-19-8-3-9-20-40)36-24-27-46-43(30-36)41-21-10-11-22-45(41)49(46)39-17-6-2-7-18-39;1-3-13-33(14-4-1)34-23-27-38(28-24-34)49-45-21-11-8-18-40(45)42-31-36(25-29-47(42)49)37-26-30-48-43(32-37)41-19-9-12-22-46(41)50(48)44-20-10-7-17-39(44)35-15-5-2-6-16-35;1-3-13-29(14-4-1)33-17-7-10-20-38(33)44-40-22-12-9-19-35(40)37-28-31(24-26-42(37)44)30-23-25-41-36(27-30)34-18-8-11-21-39(34)43(41)32-15-5-2-6-16-32/h2*1-32H;1-28H. The lowest BCUT2D eigenvalue weighted by Gasteiger charge is -2.14. The quantitative estimate of drug-likeness (QED) is 0.104. The number of rotatable bonds is 14. The third-order valence-electron chi connectivity index (χ3n) is 29.2. The minimum atomic E-state index is 1.16. The predicted octanol–water partition coefficient (Wildman–Crippen LogP) is 37.0. The lowest BCUT2D eigenvalue weighted by molar-refractivity contribution is 1.18. The van der Waals surface area contributed by atoms with Crippen LogP contribution in [0, 0.1) is 0 Å². The Morgan fingerprint density at radius 1 is 0.0903 bits per heavy atom. The fourth-order valence-electron chi connectivity index (χ4n) is 22.5. The van der Waals surface area contributed by atoms with Crippen molar-refractivity contribution in [2.75, 3.05) is 0 Å². The van der Waals surface area contributed by atoms with Crippen LogP contribution in [-0.2, 0) is 0 Å². The van der Waals surface area contributed by atoms with Crippen molar-refractivity contribution >= 4 is 131 Å². The van der Waals surface area contributed by atoms with E-state index in [2.05, 4.69) is 586 Å². The van der Waals surface area contributed by atoms with Crippen LogP contribution in [0.1, 0.15) is 0 Å². The highest BCUT2D eigenvalue weighted by molar-refractivity contribution is 6.18. The highest BCUT2D eigenvalue weighted by Crippen LogP contribution is 2.47. The normalized spacial score (nSPS) is 11.6. The van der Waals surface area contributed by atoms with Gasteiger partial charge < -0.3 is 27.4 Å². The van der Waals surface area contributed by atoms with Gasteiger partial charge in [0.1, 0.15) is 0 Å². The summed E-state index contributed by atoms with van der Waals surface area (Å²) < 4.78 is 14.4. The van der Waals surface area contributed by atoms with Crippen LogP contribution in [0.4, 0.5) is 0 Å². The largest absolute Gasteiger partial charge is 0.309 e. The molecule has 29 aromatic rings. The van der Waals surface area contributed by atoms with Gasteiger partial charge in [0.25, 0.3) is 0 Å². The lowest BCUT2D eigenvalue weighted by Crippen LogP contribution is -1.97. The van der Waals surface area contributed by atoms with E-state index in [1.54, 1.807) is 0 Å². The third kappa shape index (κ3) is 14.7. The molecule has 0 aliphatic carbocycles. The van der Waals surface area contributed by atoms with Gasteiger partial charge in [-0.05, 0) is 254 Å². The van der Waals surface area contributed by atoms with Crippen molar-refractivity contribution in [2.24, 2.45) is 0 Å².